The van der Waals surface area contributed by atoms with E-state index in [2.05, 4.69) is 67.8 Å². The van der Waals surface area contributed by atoms with Crippen LogP contribution in [0.5, 0.6) is 0 Å². The number of aliphatic hydroxyl groups excluding tert-OH is 1. The Labute approximate surface area is 428 Å². The number of allylic oxidation sites excluding steroid dienone is 9. The lowest BCUT2D eigenvalue weighted by Crippen LogP contribution is -2.45. The van der Waals surface area contributed by atoms with Crippen molar-refractivity contribution in [2.75, 3.05) is 40.9 Å². The lowest BCUT2D eigenvalue weighted by Gasteiger charge is -2.25. The minimum atomic E-state index is -4.36. The largest absolute Gasteiger partial charge is 0.472 e. The van der Waals surface area contributed by atoms with Crippen molar-refractivity contribution in [2.45, 2.75) is 276 Å². The molecule has 1 amide bonds. The molecule has 0 fully saturated rings. The molecular weight excluding hydrogens is 876 g/mol. The van der Waals surface area contributed by atoms with E-state index in [0.29, 0.717) is 17.4 Å². The Balaban J connectivity index is 4.19. The fourth-order valence-electron chi connectivity index (χ4n) is 8.43. The molecule has 3 atom stereocenters. The van der Waals surface area contributed by atoms with E-state index in [4.69, 9.17) is 9.05 Å². The summed E-state index contributed by atoms with van der Waals surface area (Å²) < 4.78 is 23.7. The first kappa shape index (κ1) is 67.2. The normalized spacial score (nSPS) is 14.4. The van der Waals surface area contributed by atoms with Crippen molar-refractivity contribution in [3.05, 3.63) is 60.8 Å². The Morgan fingerprint density at radius 1 is 0.507 bits per heavy atom. The third-order valence-corrected chi connectivity index (χ3v) is 14.0. The zero-order valence-electron chi connectivity index (χ0n) is 46.0. The van der Waals surface area contributed by atoms with E-state index < -0.39 is 20.0 Å². The Morgan fingerprint density at radius 3 is 1.33 bits per heavy atom. The monoisotopic (exact) mass is 990 g/mol. The molecule has 0 aromatic rings. The van der Waals surface area contributed by atoms with E-state index in [1.165, 1.54) is 173 Å². The van der Waals surface area contributed by atoms with E-state index in [1.807, 2.05) is 27.2 Å². The van der Waals surface area contributed by atoms with Crippen LogP contribution in [0.4, 0.5) is 0 Å². The van der Waals surface area contributed by atoms with Crippen LogP contribution in [0.25, 0.3) is 0 Å². The van der Waals surface area contributed by atoms with Crippen LogP contribution in [0.3, 0.4) is 0 Å². The van der Waals surface area contributed by atoms with Gasteiger partial charge in [-0.3, -0.25) is 13.8 Å². The van der Waals surface area contributed by atoms with E-state index >= 15 is 0 Å². The first-order valence-corrected chi connectivity index (χ1v) is 30.7. The number of aliphatic hydroxyl groups is 1. The number of carbonyl (C=O) groups is 1. The van der Waals surface area contributed by atoms with Crippen LogP contribution in [-0.2, 0) is 18.4 Å². The number of phosphoric acid groups is 1. The van der Waals surface area contributed by atoms with Crippen molar-refractivity contribution in [1.82, 2.24) is 5.32 Å². The quantitative estimate of drug-likeness (QED) is 0.0243. The van der Waals surface area contributed by atoms with Crippen molar-refractivity contribution in [3.63, 3.8) is 0 Å². The fourth-order valence-corrected chi connectivity index (χ4v) is 9.16. The van der Waals surface area contributed by atoms with Crippen molar-refractivity contribution < 1.29 is 32.9 Å². The fraction of sp³-hybridized carbons (Fsp3) is 0.817. The zero-order chi connectivity index (χ0) is 50.6. The molecular formula is C60H114N2O6P+. The van der Waals surface area contributed by atoms with Crippen molar-refractivity contribution in [2.24, 2.45) is 0 Å². The topological polar surface area (TPSA) is 105 Å². The molecule has 0 aromatic carbocycles. The van der Waals surface area contributed by atoms with Crippen LogP contribution in [-0.4, -0.2) is 73.4 Å². The Hall–Kier alpha value is -1.80. The maximum absolute atomic E-state index is 12.9. The predicted octanol–water partition coefficient (Wildman–Crippen LogP) is 17.7. The molecule has 0 aliphatic rings. The van der Waals surface area contributed by atoms with Crippen LogP contribution in [0.2, 0.25) is 0 Å². The number of nitrogens with one attached hydrogen (secondary N) is 1. The highest BCUT2D eigenvalue weighted by Crippen LogP contribution is 2.43. The summed E-state index contributed by atoms with van der Waals surface area (Å²) in [6, 6.07) is -0.872. The second-order valence-corrected chi connectivity index (χ2v) is 22.4. The van der Waals surface area contributed by atoms with E-state index in [1.54, 1.807) is 6.08 Å². The summed E-state index contributed by atoms with van der Waals surface area (Å²) in [5.41, 5.74) is 0. The number of unbranched alkanes of at least 4 members (excludes halogenated alkanes) is 32. The summed E-state index contributed by atoms with van der Waals surface area (Å²) in [5, 5.41) is 13.9. The van der Waals surface area contributed by atoms with Crippen LogP contribution in [0.1, 0.15) is 264 Å². The Kier molecular flexibility index (Phi) is 49.8. The molecule has 0 spiro atoms. The van der Waals surface area contributed by atoms with Gasteiger partial charge < -0.3 is 19.8 Å². The highest BCUT2D eigenvalue weighted by Gasteiger charge is 2.27. The minimum absolute atomic E-state index is 0.0520. The number of carbonyl (C=O) groups excluding carboxylic acids is 1. The number of hydrogen-bond donors (Lipinski definition) is 3. The highest BCUT2D eigenvalue weighted by atomic mass is 31.2. The number of amides is 1. The van der Waals surface area contributed by atoms with Gasteiger partial charge in [0, 0.05) is 6.42 Å². The number of phosphoric ester groups is 1. The van der Waals surface area contributed by atoms with Gasteiger partial charge in [-0.2, -0.15) is 0 Å². The minimum Gasteiger partial charge on any atom is -0.387 e. The van der Waals surface area contributed by atoms with Gasteiger partial charge in [-0.25, -0.2) is 4.57 Å². The van der Waals surface area contributed by atoms with Crippen molar-refractivity contribution in [3.8, 4) is 0 Å². The molecule has 404 valence electrons. The third-order valence-electron chi connectivity index (χ3n) is 13.0. The molecule has 0 aromatic heterocycles. The summed E-state index contributed by atoms with van der Waals surface area (Å²) in [7, 11) is 1.55. The Morgan fingerprint density at radius 2 is 0.884 bits per heavy atom. The lowest BCUT2D eigenvalue weighted by molar-refractivity contribution is -0.870. The Bertz CT molecular complexity index is 1310. The smallest absolute Gasteiger partial charge is 0.387 e. The second-order valence-electron chi connectivity index (χ2n) is 21.0. The summed E-state index contributed by atoms with van der Waals surface area (Å²) in [4.78, 5) is 23.3. The van der Waals surface area contributed by atoms with E-state index in [9.17, 15) is 19.4 Å². The second kappa shape index (κ2) is 51.1. The molecule has 0 bridgehead atoms. The van der Waals surface area contributed by atoms with Gasteiger partial charge in [-0.15, -0.1) is 0 Å². The average Bonchev–Trinajstić information content (AvgIpc) is 3.31. The lowest BCUT2D eigenvalue weighted by atomic mass is 10.0. The van der Waals surface area contributed by atoms with Crippen LogP contribution < -0.4 is 5.32 Å². The van der Waals surface area contributed by atoms with Crippen LogP contribution in [0.15, 0.2) is 60.8 Å². The van der Waals surface area contributed by atoms with Gasteiger partial charge in [0.15, 0.2) is 0 Å². The van der Waals surface area contributed by atoms with Gasteiger partial charge in [-0.05, 0) is 64.2 Å². The maximum Gasteiger partial charge on any atom is 0.472 e. The van der Waals surface area contributed by atoms with Crippen LogP contribution in [0, 0.1) is 0 Å². The summed E-state index contributed by atoms with van der Waals surface area (Å²) in [5.74, 6) is -0.197. The molecule has 0 saturated heterocycles. The molecule has 3 N–H and O–H groups in total. The predicted molar refractivity (Wildman–Crippen MR) is 300 cm³/mol. The summed E-state index contributed by atoms with van der Waals surface area (Å²) in [6.07, 6.45) is 69.1. The number of rotatable bonds is 53. The van der Waals surface area contributed by atoms with E-state index in [-0.39, 0.29) is 19.1 Å². The molecule has 0 saturated carbocycles. The van der Waals surface area contributed by atoms with Gasteiger partial charge in [0.2, 0.25) is 5.91 Å². The molecule has 0 aliphatic carbocycles. The van der Waals surface area contributed by atoms with Gasteiger partial charge in [0.25, 0.3) is 0 Å². The highest BCUT2D eigenvalue weighted by molar-refractivity contribution is 7.47. The molecule has 0 heterocycles. The third kappa shape index (κ3) is 53.8. The average molecular weight is 991 g/mol. The SMILES string of the molecule is CC/C=C\C/C=C\C/C=C\CCCCCCCCCC(=O)NC(COP(=O)(O)OCC[N+](C)(C)C)C(O)/C=C/CC/C=C/CCCCCCCCCCCCCCCCCCCCCCCCCC. The maximum atomic E-state index is 12.9. The molecule has 9 heteroatoms. The zero-order valence-corrected chi connectivity index (χ0v) is 46.9. The number of likely N-dealkylation sites (N-methyl/N-ethyl adjacent to an activating group) is 1. The number of hydrogen-bond acceptors (Lipinski definition) is 5. The standard InChI is InChI=1S/C60H113N2O6P/c1-6-8-10-12-14-16-18-20-22-24-25-26-27-28-29-30-31-32-33-34-35-36-38-39-41-43-45-47-49-51-53-59(63)58(57-68-69(65,66)67-56-55-62(3,4)5)61-60(64)54-52-50-48-46-44-42-40-37-23-21-19-17-15-13-11-9-7-2/h9,11,15,17,21,23,43,45,51,53,58-59,63H,6-8,10,12-14,16,18-20,22,24-42,44,46-50,52,54-57H2,1-5H3,(H-,61,64,65,66)/p+1/b11-9-,17-15-,23-21-,45-43+,53-51+. The van der Waals surface area contributed by atoms with Crippen molar-refractivity contribution in [1.29, 1.82) is 0 Å². The van der Waals surface area contributed by atoms with Crippen molar-refractivity contribution >= 4 is 13.7 Å². The van der Waals surface area contributed by atoms with Crippen LogP contribution >= 0.6 is 7.82 Å². The summed E-state index contributed by atoms with van der Waals surface area (Å²) in [6.45, 7) is 4.70. The van der Waals surface area contributed by atoms with Gasteiger partial charge in [-0.1, -0.05) is 254 Å². The van der Waals surface area contributed by atoms with Gasteiger partial charge in [0.05, 0.1) is 39.9 Å². The molecule has 0 radical (unpaired) electrons. The number of quaternary nitrogens is 1. The molecule has 0 aliphatic heterocycles. The molecule has 8 nitrogen and oxygen atoms in total. The molecule has 0 rings (SSSR count). The van der Waals surface area contributed by atoms with Gasteiger partial charge >= 0.3 is 7.82 Å². The van der Waals surface area contributed by atoms with Gasteiger partial charge in [0.1, 0.15) is 13.2 Å². The molecule has 3 unspecified atom stereocenters. The first-order chi connectivity index (χ1) is 33.5. The number of nitrogens with zero attached hydrogens (tertiary/aromatic N) is 1. The first-order valence-electron chi connectivity index (χ1n) is 29.2. The molecule has 69 heavy (non-hydrogen) atoms. The summed E-state index contributed by atoms with van der Waals surface area (Å²) >= 11 is 0. The van der Waals surface area contributed by atoms with E-state index in [0.717, 1.165) is 70.6 Å².